The molecule has 0 amide bonds. The highest BCUT2D eigenvalue weighted by Gasteiger charge is 2.20. The van der Waals surface area contributed by atoms with E-state index in [2.05, 4.69) is 5.32 Å². The van der Waals surface area contributed by atoms with Crippen molar-refractivity contribution in [3.05, 3.63) is 58.1 Å². The summed E-state index contributed by atoms with van der Waals surface area (Å²) in [5.74, 6) is 0.883. The summed E-state index contributed by atoms with van der Waals surface area (Å²) >= 11 is 11.9. The zero-order valence-electron chi connectivity index (χ0n) is 9.49. The van der Waals surface area contributed by atoms with Gasteiger partial charge in [0.05, 0.1) is 21.8 Å². The van der Waals surface area contributed by atoms with Crippen molar-refractivity contribution in [3.63, 3.8) is 0 Å². The fourth-order valence-corrected chi connectivity index (χ4v) is 2.33. The van der Waals surface area contributed by atoms with Gasteiger partial charge in [-0.15, -0.1) is 0 Å². The molecule has 0 spiro atoms. The van der Waals surface area contributed by atoms with E-state index < -0.39 is 0 Å². The molecule has 1 aliphatic heterocycles. The van der Waals surface area contributed by atoms with Gasteiger partial charge in [-0.2, -0.15) is 0 Å². The molecule has 2 aromatic rings. The van der Waals surface area contributed by atoms with Gasteiger partial charge in [0.1, 0.15) is 12.4 Å². The predicted molar refractivity (Wildman–Crippen MR) is 74.8 cm³/mol. The second kappa shape index (κ2) is 4.71. The summed E-state index contributed by atoms with van der Waals surface area (Å²) in [7, 11) is 0. The Morgan fingerprint density at radius 3 is 2.72 bits per heavy atom. The summed E-state index contributed by atoms with van der Waals surface area (Å²) in [4.78, 5) is 0. The summed E-state index contributed by atoms with van der Waals surface area (Å²) < 4.78 is 5.72. The Labute approximate surface area is 115 Å². The fourth-order valence-electron chi connectivity index (χ4n) is 2.02. The lowest BCUT2D eigenvalue weighted by atomic mass is 10.1. The molecule has 0 aliphatic carbocycles. The van der Waals surface area contributed by atoms with Gasteiger partial charge in [0.25, 0.3) is 0 Å². The van der Waals surface area contributed by atoms with Gasteiger partial charge in [0.15, 0.2) is 0 Å². The monoisotopic (exact) mass is 279 g/mol. The van der Waals surface area contributed by atoms with Crippen molar-refractivity contribution in [2.75, 3.05) is 11.9 Å². The van der Waals surface area contributed by atoms with Crippen LogP contribution in [0.25, 0.3) is 0 Å². The Morgan fingerprint density at radius 2 is 1.89 bits per heavy atom. The molecule has 1 heterocycles. The van der Waals surface area contributed by atoms with Crippen LogP contribution in [0.4, 0.5) is 5.69 Å². The molecule has 0 aromatic heterocycles. The molecule has 2 nitrogen and oxygen atoms in total. The van der Waals surface area contributed by atoms with Crippen molar-refractivity contribution in [2.45, 2.75) is 6.04 Å². The van der Waals surface area contributed by atoms with Crippen LogP contribution in [-0.4, -0.2) is 6.61 Å². The molecule has 18 heavy (non-hydrogen) atoms. The molecule has 3 rings (SSSR count). The van der Waals surface area contributed by atoms with Crippen molar-refractivity contribution >= 4 is 28.9 Å². The smallest absolute Gasteiger partial charge is 0.142 e. The van der Waals surface area contributed by atoms with E-state index in [0.717, 1.165) is 17.0 Å². The number of benzene rings is 2. The molecule has 0 radical (unpaired) electrons. The Bertz CT molecular complexity index is 586. The number of rotatable bonds is 1. The lowest BCUT2D eigenvalue weighted by molar-refractivity contribution is 0.286. The van der Waals surface area contributed by atoms with E-state index in [4.69, 9.17) is 27.9 Å². The first kappa shape index (κ1) is 11.7. The highest BCUT2D eigenvalue weighted by Crippen LogP contribution is 2.34. The number of nitrogens with one attached hydrogen (secondary N) is 1. The summed E-state index contributed by atoms with van der Waals surface area (Å²) in [5.41, 5.74) is 2.07. The maximum Gasteiger partial charge on any atom is 0.142 e. The molecule has 1 N–H and O–H groups in total. The van der Waals surface area contributed by atoms with Crippen LogP contribution in [-0.2, 0) is 0 Å². The number of fused-ring (bicyclic) bond motifs is 1. The van der Waals surface area contributed by atoms with E-state index in [1.54, 1.807) is 6.07 Å². The van der Waals surface area contributed by atoms with Crippen LogP contribution >= 0.6 is 23.2 Å². The van der Waals surface area contributed by atoms with Crippen LogP contribution < -0.4 is 10.1 Å². The van der Waals surface area contributed by atoms with Crippen LogP contribution in [0.3, 0.4) is 0 Å². The van der Waals surface area contributed by atoms with Crippen LogP contribution in [0.2, 0.25) is 10.0 Å². The van der Waals surface area contributed by atoms with Crippen LogP contribution in [0, 0.1) is 0 Å². The Kier molecular flexibility index (Phi) is 3.06. The number of para-hydroxylation sites is 2. The average molecular weight is 280 g/mol. The first-order valence-electron chi connectivity index (χ1n) is 5.67. The van der Waals surface area contributed by atoms with E-state index in [0.29, 0.717) is 16.7 Å². The van der Waals surface area contributed by atoms with Crippen LogP contribution in [0.5, 0.6) is 5.75 Å². The summed E-state index contributed by atoms with van der Waals surface area (Å²) in [6.45, 7) is 0.578. The Morgan fingerprint density at radius 1 is 1.06 bits per heavy atom. The van der Waals surface area contributed by atoms with Crippen LogP contribution in [0.1, 0.15) is 11.6 Å². The minimum Gasteiger partial charge on any atom is -0.489 e. The van der Waals surface area contributed by atoms with Crippen molar-refractivity contribution in [2.24, 2.45) is 0 Å². The summed E-state index contributed by atoms with van der Waals surface area (Å²) in [6.07, 6.45) is 0. The quantitative estimate of drug-likeness (QED) is 0.828. The van der Waals surface area contributed by atoms with Gasteiger partial charge < -0.3 is 10.1 Å². The molecule has 0 bridgehead atoms. The summed E-state index contributed by atoms with van der Waals surface area (Å²) in [6, 6.07) is 13.6. The van der Waals surface area contributed by atoms with E-state index in [1.165, 1.54) is 0 Å². The van der Waals surface area contributed by atoms with E-state index in [-0.39, 0.29) is 6.04 Å². The lowest BCUT2D eigenvalue weighted by Gasteiger charge is -2.27. The topological polar surface area (TPSA) is 21.3 Å². The van der Waals surface area contributed by atoms with Crippen molar-refractivity contribution in [1.82, 2.24) is 0 Å². The molecule has 92 valence electrons. The van der Waals surface area contributed by atoms with Crippen molar-refractivity contribution < 1.29 is 4.74 Å². The first-order valence-corrected chi connectivity index (χ1v) is 6.43. The first-order chi connectivity index (χ1) is 8.74. The van der Waals surface area contributed by atoms with Crippen LogP contribution in [0.15, 0.2) is 42.5 Å². The van der Waals surface area contributed by atoms with Crippen molar-refractivity contribution in [1.29, 1.82) is 0 Å². The number of anilines is 1. The summed E-state index contributed by atoms with van der Waals surface area (Å²) in [5, 5.41) is 4.57. The van der Waals surface area contributed by atoms with E-state index in [9.17, 15) is 0 Å². The number of halogens is 2. The van der Waals surface area contributed by atoms with Gasteiger partial charge in [-0.3, -0.25) is 0 Å². The third-order valence-corrected chi connectivity index (χ3v) is 3.71. The third-order valence-electron chi connectivity index (χ3n) is 2.97. The molecule has 2 aromatic carbocycles. The molecule has 1 aliphatic rings. The zero-order valence-corrected chi connectivity index (χ0v) is 11.0. The van der Waals surface area contributed by atoms with Crippen molar-refractivity contribution in [3.8, 4) is 5.75 Å². The SMILES string of the molecule is Clc1ccc([C@@H]2COc3ccccc3N2)cc1Cl. The van der Waals surface area contributed by atoms with Gasteiger partial charge in [-0.05, 0) is 29.8 Å². The van der Waals surface area contributed by atoms with E-state index >= 15 is 0 Å². The second-order valence-corrected chi connectivity index (χ2v) is 4.99. The predicted octanol–water partition coefficient (Wildman–Crippen LogP) is 4.54. The average Bonchev–Trinajstić information content (AvgIpc) is 2.41. The van der Waals surface area contributed by atoms with Gasteiger partial charge in [0.2, 0.25) is 0 Å². The maximum atomic E-state index is 6.03. The highest BCUT2D eigenvalue weighted by atomic mass is 35.5. The molecule has 0 saturated heterocycles. The maximum absolute atomic E-state index is 6.03. The molecule has 0 saturated carbocycles. The van der Waals surface area contributed by atoms with Gasteiger partial charge >= 0.3 is 0 Å². The van der Waals surface area contributed by atoms with Gasteiger partial charge in [-0.1, -0.05) is 41.4 Å². The zero-order chi connectivity index (χ0) is 12.5. The number of ether oxygens (including phenoxy) is 1. The third kappa shape index (κ3) is 2.14. The highest BCUT2D eigenvalue weighted by molar-refractivity contribution is 6.42. The molecule has 0 fully saturated rings. The molecular formula is C14H11Cl2NO. The second-order valence-electron chi connectivity index (χ2n) is 4.18. The Balaban J connectivity index is 1.89. The minimum absolute atomic E-state index is 0.0923. The normalized spacial score (nSPS) is 17.6. The minimum atomic E-state index is 0.0923. The molecular weight excluding hydrogens is 269 g/mol. The molecule has 4 heteroatoms. The number of hydrogen-bond acceptors (Lipinski definition) is 2. The van der Waals surface area contributed by atoms with Gasteiger partial charge in [0, 0.05) is 0 Å². The fraction of sp³-hybridized carbons (Fsp3) is 0.143. The largest absolute Gasteiger partial charge is 0.489 e. The number of hydrogen-bond donors (Lipinski definition) is 1. The standard InChI is InChI=1S/C14H11Cl2NO/c15-10-6-5-9(7-11(10)16)13-8-18-14-4-2-1-3-12(14)17-13/h1-7,13,17H,8H2/t13-/m0/s1. The molecule has 0 unspecified atom stereocenters. The van der Waals surface area contributed by atoms with E-state index in [1.807, 2.05) is 36.4 Å². The van der Waals surface area contributed by atoms with Gasteiger partial charge in [-0.25, -0.2) is 0 Å². The molecule has 1 atom stereocenters. The Hall–Kier alpha value is -1.38. The lowest BCUT2D eigenvalue weighted by Crippen LogP contribution is -2.23.